The second-order valence-electron chi connectivity index (χ2n) is 5.69. The highest BCUT2D eigenvalue weighted by Gasteiger charge is 2.20. The topological polar surface area (TPSA) is 71.3 Å². The minimum atomic E-state index is -0.428. The highest BCUT2D eigenvalue weighted by molar-refractivity contribution is 7.98. The van der Waals surface area contributed by atoms with Crippen molar-refractivity contribution in [3.05, 3.63) is 71.5 Å². The third kappa shape index (κ3) is 4.23. The molecule has 1 aromatic carbocycles. The van der Waals surface area contributed by atoms with E-state index in [0.29, 0.717) is 17.2 Å². The van der Waals surface area contributed by atoms with Crippen LogP contribution in [-0.4, -0.2) is 18.4 Å². The van der Waals surface area contributed by atoms with Crippen LogP contribution >= 0.6 is 11.9 Å². The first-order valence-electron chi connectivity index (χ1n) is 8.01. The molecule has 0 unspecified atom stereocenters. The zero-order valence-corrected chi connectivity index (χ0v) is 14.7. The summed E-state index contributed by atoms with van der Waals surface area (Å²) in [5.74, 6) is -0.277. The van der Waals surface area contributed by atoms with Crippen molar-refractivity contribution < 1.29 is 18.4 Å². The summed E-state index contributed by atoms with van der Waals surface area (Å²) in [5.41, 5.74) is 1.94. The number of rotatable bonds is 6. The highest BCUT2D eigenvalue weighted by Crippen LogP contribution is 2.27. The number of carbonyl (C=O) groups excluding carboxylic acids is 2. The molecule has 1 aliphatic carbocycles. The number of aryl methyl sites for hydroxylation is 1. The minimum Gasteiger partial charge on any atom is -0.451 e. The van der Waals surface area contributed by atoms with Crippen LogP contribution in [0.2, 0.25) is 0 Å². The minimum absolute atomic E-state index is 0.173. The van der Waals surface area contributed by atoms with E-state index in [0.717, 1.165) is 35.9 Å². The van der Waals surface area contributed by atoms with Gasteiger partial charge in [-0.3, -0.25) is 14.3 Å². The molecule has 26 heavy (non-hydrogen) atoms. The molecular weight excluding hydrogens is 355 g/mol. The van der Waals surface area contributed by atoms with E-state index in [1.54, 1.807) is 24.3 Å². The van der Waals surface area contributed by atoms with Gasteiger partial charge in [0.2, 0.25) is 5.91 Å². The van der Waals surface area contributed by atoms with Gasteiger partial charge in [-0.15, -0.1) is 0 Å². The predicted octanol–water partition coefficient (Wildman–Crippen LogP) is 3.49. The van der Waals surface area contributed by atoms with Crippen molar-refractivity contribution >= 4 is 29.8 Å². The Kier molecular flexibility index (Phi) is 5.58. The smallest absolute Gasteiger partial charge is 0.297 e. The van der Waals surface area contributed by atoms with Crippen molar-refractivity contribution in [1.29, 1.82) is 0 Å². The molecule has 0 saturated heterocycles. The van der Waals surface area contributed by atoms with E-state index in [1.165, 1.54) is 12.1 Å². The van der Waals surface area contributed by atoms with E-state index < -0.39 is 11.7 Å². The van der Waals surface area contributed by atoms with Crippen LogP contribution in [0.1, 0.15) is 28.3 Å². The number of benzene rings is 1. The van der Waals surface area contributed by atoms with Crippen LogP contribution in [-0.2, 0) is 11.2 Å². The van der Waals surface area contributed by atoms with E-state index in [4.69, 9.17) is 4.42 Å². The van der Waals surface area contributed by atoms with Gasteiger partial charge in [0.25, 0.3) is 5.91 Å². The number of amides is 2. The van der Waals surface area contributed by atoms with E-state index in [2.05, 4.69) is 16.6 Å². The first-order valence-corrected chi connectivity index (χ1v) is 8.82. The summed E-state index contributed by atoms with van der Waals surface area (Å²) in [5, 5.41) is 2.72. The zero-order chi connectivity index (χ0) is 18.5. The van der Waals surface area contributed by atoms with Gasteiger partial charge in [0, 0.05) is 6.54 Å². The maximum atomic E-state index is 13.6. The SMILES string of the molecule is C=CC(=O)NCC1=Cc2oc(C(=O)NSc3ccccc3F)cc2CC1. The molecule has 0 fully saturated rings. The molecule has 5 nitrogen and oxygen atoms in total. The lowest BCUT2D eigenvalue weighted by atomic mass is 9.97. The molecule has 7 heteroatoms. The van der Waals surface area contributed by atoms with Crippen molar-refractivity contribution in [2.75, 3.05) is 6.54 Å². The van der Waals surface area contributed by atoms with Gasteiger partial charge >= 0.3 is 0 Å². The summed E-state index contributed by atoms with van der Waals surface area (Å²) in [6, 6.07) is 7.89. The van der Waals surface area contributed by atoms with Gasteiger partial charge in [-0.05, 0) is 66.3 Å². The van der Waals surface area contributed by atoms with Gasteiger partial charge in [0.15, 0.2) is 5.76 Å². The highest BCUT2D eigenvalue weighted by atomic mass is 32.2. The fourth-order valence-corrected chi connectivity index (χ4v) is 3.13. The summed E-state index contributed by atoms with van der Waals surface area (Å²) in [7, 11) is 0. The fourth-order valence-electron chi connectivity index (χ4n) is 2.52. The molecule has 134 valence electrons. The van der Waals surface area contributed by atoms with E-state index in [1.807, 2.05) is 6.08 Å². The Morgan fingerprint density at radius 1 is 1.31 bits per heavy atom. The fraction of sp³-hybridized carbons (Fsp3) is 0.158. The Hall–Kier alpha value is -2.80. The van der Waals surface area contributed by atoms with E-state index in [-0.39, 0.29) is 11.7 Å². The summed E-state index contributed by atoms with van der Waals surface area (Å²) in [6.45, 7) is 3.82. The van der Waals surface area contributed by atoms with Crippen molar-refractivity contribution in [2.24, 2.45) is 0 Å². The van der Waals surface area contributed by atoms with Gasteiger partial charge in [0.1, 0.15) is 11.6 Å². The average Bonchev–Trinajstić information content (AvgIpc) is 3.08. The average molecular weight is 372 g/mol. The van der Waals surface area contributed by atoms with E-state index in [9.17, 15) is 14.0 Å². The molecular formula is C19H17FN2O3S. The van der Waals surface area contributed by atoms with Crippen molar-refractivity contribution in [2.45, 2.75) is 17.7 Å². The second-order valence-corrected chi connectivity index (χ2v) is 6.54. The Balaban J connectivity index is 1.64. The van der Waals surface area contributed by atoms with E-state index >= 15 is 0 Å². The number of carbonyl (C=O) groups is 2. The van der Waals surface area contributed by atoms with Gasteiger partial charge in [-0.2, -0.15) is 0 Å². The molecule has 1 aromatic heterocycles. The number of hydrogen-bond donors (Lipinski definition) is 2. The van der Waals surface area contributed by atoms with Gasteiger partial charge in [0.05, 0.1) is 4.90 Å². The van der Waals surface area contributed by atoms with Crippen LogP contribution in [0.4, 0.5) is 4.39 Å². The molecule has 0 aliphatic heterocycles. The molecule has 2 amide bonds. The number of halogens is 1. The van der Waals surface area contributed by atoms with Gasteiger partial charge in [-0.25, -0.2) is 4.39 Å². The molecule has 1 aliphatic rings. The van der Waals surface area contributed by atoms with Crippen LogP contribution in [0.3, 0.4) is 0 Å². The lowest BCUT2D eigenvalue weighted by Gasteiger charge is -2.12. The third-order valence-corrected chi connectivity index (χ3v) is 4.72. The number of nitrogens with one attached hydrogen (secondary N) is 2. The molecule has 0 spiro atoms. The molecule has 0 atom stereocenters. The Labute approximate surface area is 154 Å². The predicted molar refractivity (Wildman–Crippen MR) is 97.9 cm³/mol. The largest absolute Gasteiger partial charge is 0.451 e. The summed E-state index contributed by atoms with van der Waals surface area (Å²) in [6.07, 6.45) is 4.55. The molecule has 3 rings (SSSR count). The quantitative estimate of drug-likeness (QED) is 0.602. The molecule has 0 saturated carbocycles. The Bertz CT molecular complexity index is 889. The van der Waals surface area contributed by atoms with Crippen LogP contribution in [0.25, 0.3) is 6.08 Å². The van der Waals surface area contributed by atoms with Crippen LogP contribution in [0.5, 0.6) is 0 Å². The Morgan fingerprint density at radius 2 is 2.12 bits per heavy atom. The molecule has 2 N–H and O–H groups in total. The van der Waals surface area contributed by atoms with Gasteiger partial charge < -0.3 is 9.73 Å². The van der Waals surface area contributed by atoms with Crippen LogP contribution in [0, 0.1) is 5.82 Å². The lowest BCUT2D eigenvalue weighted by molar-refractivity contribution is -0.116. The maximum Gasteiger partial charge on any atom is 0.297 e. The molecule has 0 radical (unpaired) electrons. The molecule has 1 heterocycles. The zero-order valence-electron chi connectivity index (χ0n) is 13.9. The normalized spacial score (nSPS) is 12.7. The Morgan fingerprint density at radius 3 is 2.88 bits per heavy atom. The second kappa shape index (κ2) is 8.05. The third-order valence-electron chi connectivity index (χ3n) is 3.88. The number of furan rings is 1. The van der Waals surface area contributed by atoms with Crippen molar-refractivity contribution in [3.8, 4) is 0 Å². The first kappa shape index (κ1) is 18.0. The van der Waals surface area contributed by atoms with Crippen molar-refractivity contribution in [3.63, 3.8) is 0 Å². The maximum absolute atomic E-state index is 13.6. The lowest BCUT2D eigenvalue weighted by Crippen LogP contribution is -2.23. The number of fused-ring (bicyclic) bond motifs is 1. The monoisotopic (exact) mass is 372 g/mol. The van der Waals surface area contributed by atoms with Crippen LogP contribution in [0.15, 0.2) is 57.9 Å². The first-order chi connectivity index (χ1) is 12.6. The summed E-state index contributed by atoms with van der Waals surface area (Å²) in [4.78, 5) is 23.8. The number of hydrogen-bond acceptors (Lipinski definition) is 4. The van der Waals surface area contributed by atoms with Gasteiger partial charge in [-0.1, -0.05) is 18.7 Å². The summed E-state index contributed by atoms with van der Waals surface area (Å²) >= 11 is 0.903. The van der Waals surface area contributed by atoms with Crippen molar-refractivity contribution in [1.82, 2.24) is 10.0 Å². The summed E-state index contributed by atoms with van der Waals surface area (Å²) < 4.78 is 21.8. The standard InChI is InChI=1S/C19H17FN2O3S/c1-2-18(23)21-11-12-7-8-13-10-16(25-15(13)9-12)19(24)22-26-17-6-4-3-5-14(17)20/h2-6,9-10H,1,7-8,11H2,(H,21,23)(H,22,24). The molecule has 2 aromatic rings. The van der Waals surface area contributed by atoms with Crippen LogP contribution < -0.4 is 10.0 Å². The molecule has 0 bridgehead atoms.